The molecule has 80 valence electrons. The van der Waals surface area contributed by atoms with Gasteiger partial charge in [0.25, 0.3) is 0 Å². The fourth-order valence-corrected chi connectivity index (χ4v) is 1.16. The molecular formula is C11H13NO3. The van der Waals surface area contributed by atoms with Gasteiger partial charge in [-0.3, -0.25) is 4.79 Å². The number of nitrogens with two attached hydrogens (primary N) is 1. The van der Waals surface area contributed by atoms with Crippen LogP contribution in [0.1, 0.15) is 11.1 Å². The summed E-state index contributed by atoms with van der Waals surface area (Å²) < 4.78 is 4.32. The molecule has 1 rings (SSSR count). The molecule has 0 saturated heterocycles. The van der Waals surface area contributed by atoms with Gasteiger partial charge in [-0.2, -0.15) is 0 Å². The van der Waals surface area contributed by atoms with Crippen molar-refractivity contribution in [1.29, 1.82) is 0 Å². The van der Waals surface area contributed by atoms with Gasteiger partial charge in [0.05, 0.1) is 7.11 Å². The second-order valence-electron chi connectivity index (χ2n) is 3.11. The number of Topliss-reactive ketones (excluding diaryl/α,β-unsaturated/α-hetero) is 1. The molecule has 0 aliphatic heterocycles. The maximum Gasteiger partial charge on any atom is 0.374 e. The smallest absolute Gasteiger partial charge is 0.374 e. The van der Waals surface area contributed by atoms with Crippen molar-refractivity contribution in [1.82, 2.24) is 0 Å². The van der Waals surface area contributed by atoms with Crippen LogP contribution in [0.2, 0.25) is 0 Å². The van der Waals surface area contributed by atoms with Crippen LogP contribution in [0.25, 0.3) is 0 Å². The van der Waals surface area contributed by atoms with Gasteiger partial charge in [-0.05, 0) is 11.1 Å². The van der Waals surface area contributed by atoms with Crippen molar-refractivity contribution in [3.05, 3.63) is 35.4 Å². The van der Waals surface area contributed by atoms with E-state index in [0.717, 1.165) is 11.1 Å². The summed E-state index contributed by atoms with van der Waals surface area (Å²) in [5.41, 5.74) is 7.20. The molecule has 4 nitrogen and oxygen atoms in total. The molecule has 15 heavy (non-hydrogen) atoms. The number of hydrogen-bond donors (Lipinski definition) is 1. The molecule has 0 fully saturated rings. The van der Waals surface area contributed by atoms with Gasteiger partial charge >= 0.3 is 5.97 Å². The van der Waals surface area contributed by atoms with E-state index in [4.69, 9.17) is 5.73 Å². The predicted molar refractivity (Wildman–Crippen MR) is 55.1 cm³/mol. The summed E-state index contributed by atoms with van der Waals surface area (Å²) in [6, 6.07) is 7.23. The van der Waals surface area contributed by atoms with Gasteiger partial charge in [-0.25, -0.2) is 4.79 Å². The number of ketones is 1. The molecule has 2 N–H and O–H groups in total. The Kier molecular flexibility index (Phi) is 4.00. The molecule has 0 aliphatic rings. The molecule has 0 heterocycles. The number of carbonyl (C=O) groups excluding carboxylic acids is 2. The summed E-state index contributed by atoms with van der Waals surface area (Å²) in [7, 11) is 1.19. The van der Waals surface area contributed by atoms with Crippen molar-refractivity contribution in [3.63, 3.8) is 0 Å². The Morgan fingerprint density at radius 2 is 1.73 bits per heavy atom. The maximum absolute atomic E-state index is 11.2. The summed E-state index contributed by atoms with van der Waals surface area (Å²) in [6.07, 6.45) is 0.0670. The fraction of sp³-hybridized carbons (Fsp3) is 0.273. The number of rotatable bonds is 4. The minimum absolute atomic E-state index is 0.0670. The maximum atomic E-state index is 11.2. The van der Waals surface area contributed by atoms with Gasteiger partial charge in [0.2, 0.25) is 5.78 Å². The van der Waals surface area contributed by atoms with Gasteiger partial charge in [-0.1, -0.05) is 24.3 Å². The third kappa shape index (κ3) is 3.18. The van der Waals surface area contributed by atoms with Gasteiger partial charge in [0.1, 0.15) is 0 Å². The molecule has 1 aromatic rings. The van der Waals surface area contributed by atoms with Crippen LogP contribution in [-0.2, 0) is 27.3 Å². The van der Waals surface area contributed by atoms with E-state index in [1.54, 1.807) is 12.1 Å². The van der Waals surface area contributed by atoms with Crippen molar-refractivity contribution in [2.24, 2.45) is 5.73 Å². The fourth-order valence-electron chi connectivity index (χ4n) is 1.16. The summed E-state index contributed by atoms with van der Waals surface area (Å²) in [5.74, 6) is -1.35. The zero-order valence-corrected chi connectivity index (χ0v) is 8.53. The first-order valence-corrected chi connectivity index (χ1v) is 4.56. The van der Waals surface area contributed by atoms with Gasteiger partial charge in [0.15, 0.2) is 0 Å². The van der Waals surface area contributed by atoms with Crippen LogP contribution in [0.4, 0.5) is 0 Å². The van der Waals surface area contributed by atoms with E-state index in [-0.39, 0.29) is 6.42 Å². The standard InChI is InChI=1S/C11H13NO3/c1-15-11(14)10(13)6-8-2-4-9(7-12)5-3-8/h2-5H,6-7,12H2,1H3. The second-order valence-corrected chi connectivity index (χ2v) is 3.11. The zero-order valence-electron chi connectivity index (χ0n) is 8.53. The monoisotopic (exact) mass is 207 g/mol. The first-order valence-electron chi connectivity index (χ1n) is 4.56. The third-order valence-electron chi connectivity index (χ3n) is 2.04. The topological polar surface area (TPSA) is 69.4 Å². The van der Waals surface area contributed by atoms with Gasteiger partial charge in [0, 0.05) is 13.0 Å². The lowest BCUT2D eigenvalue weighted by molar-refractivity contribution is -0.151. The van der Waals surface area contributed by atoms with E-state index < -0.39 is 11.8 Å². The highest BCUT2D eigenvalue weighted by molar-refractivity contribution is 6.34. The van der Waals surface area contributed by atoms with Crippen LogP contribution in [0.15, 0.2) is 24.3 Å². The Bertz CT molecular complexity index is 357. The molecule has 0 amide bonds. The molecule has 0 bridgehead atoms. The Morgan fingerprint density at radius 1 is 1.20 bits per heavy atom. The lowest BCUT2D eigenvalue weighted by Gasteiger charge is -2.01. The number of ether oxygens (including phenoxy) is 1. The summed E-state index contributed by atoms with van der Waals surface area (Å²) in [6.45, 7) is 0.464. The Hall–Kier alpha value is -1.68. The third-order valence-corrected chi connectivity index (χ3v) is 2.04. The van der Waals surface area contributed by atoms with Crippen LogP contribution in [0, 0.1) is 0 Å². The molecule has 4 heteroatoms. The molecule has 1 aromatic carbocycles. The average Bonchev–Trinajstić information content (AvgIpc) is 2.29. The van der Waals surface area contributed by atoms with E-state index in [1.807, 2.05) is 12.1 Å². The van der Waals surface area contributed by atoms with Gasteiger partial charge < -0.3 is 10.5 Å². The van der Waals surface area contributed by atoms with Crippen LogP contribution in [0.5, 0.6) is 0 Å². The molecular weight excluding hydrogens is 194 g/mol. The number of esters is 1. The van der Waals surface area contributed by atoms with Crippen LogP contribution in [0.3, 0.4) is 0 Å². The minimum atomic E-state index is -0.807. The first kappa shape index (κ1) is 11.4. The molecule has 0 saturated carbocycles. The highest BCUT2D eigenvalue weighted by Crippen LogP contribution is 2.05. The average molecular weight is 207 g/mol. The van der Waals surface area contributed by atoms with Gasteiger partial charge in [-0.15, -0.1) is 0 Å². The van der Waals surface area contributed by atoms with E-state index in [2.05, 4.69) is 4.74 Å². The van der Waals surface area contributed by atoms with Crippen molar-refractivity contribution in [2.75, 3.05) is 7.11 Å². The number of benzene rings is 1. The SMILES string of the molecule is COC(=O)C(=O)Cc1ccc(CN)cc1. The van der Waals surface area contributed by atoms with Crippen molar-refractivity contribution < 1.29 is 14.3 Å². The Morgan fingerprint density at radius 3 is 2.20 bits per heavy atom. The van der Waals surface area contributed by atoms with Crippen molar-refractivity contribution in [2.45, 2.75) is 13.0 Å². The van der Waals surface area contributed by atoms with Crippen molar-refractivity contribution >= 4 is 11.8 Å². The molecule has 0 aliphatic carbocycles. The lowest BCUT2D eigenvalue weighted by Crippen LogP contribution is -2.17. The van der Waals surface area contributed by atoms with Crippen LogP contribution < -0.4 is 5.73 Å². The summed E-state index contributed by atoms with van der Waals surface area (Å²) in [4.78, 5) is 22.0. The minimum Gasteiger partial charge on any atom is -0.463 e. The number of carbonyl (C=O) groups is 2. The molecule has 0 aromatic heterocycles. The molecule has 0 radical (unpaired) electrons. The lowest BCUT2D eigenvalue weighted by atomic mass is 10.1. The second kappa shape index (κ2) is 5.26. The highest BCUT2D eigenvalue weighted by atomic mass is 16.5. The van der Waals surface area contributed by atoms with Crippen molar-refractivity contribution in [3.8, 4) is 0 Å². The molecule has 0 unspecified atom stereocenters. The van der Waals surface area contributed by atoms with E-state index in [1.165, 1.54) is 7.11 Å². The largest absolute Gasteiger partial charge is 0.463 e. The summed E-state index contributed by atoms with van der Waals surface area (Å²) in [5, 5.41) is 0. The molecule has 0 atom stereocenters. The van der Waals surface area contributed by atoms with E-state index >= 15 is 0 Å². The number of hydrogen-bond acceptors (Lipinski definition) is 4. The quantitative estimate of drug-likeness (QED) is 0.574. The predicted octanol–water partition coefficient (Wildman–Crippen LogP) is 0.430. The normalized spacial score (nSPS) is 9.73. The highest BCUT2D eigenvalue weighted by Gasteiger charge is 2.13. The van der Waals surface area contributed by atoms with E-state index in [9.17, 15) is 9.59 Å². The summed E-state index contributed by atoms with van der Waals surface area (Å²) >= 11 is 0. The Balaban J connectivity index is 2.65. The number of methoxy groups -OCH3 is 1. The van der Waals surface area contributed by atoms with E-state index in [0.29, 0.717) is 6.54 Å². The first-order chi connectivity index (χ1) is 7.17. The molecule has 0 spiro atoms. The Labute approximate surface area is 88.0 Å². The zero-order chi connectivity index (χ0) is 11.3. The van der Waals surface area contributed by atoms with Crippen LogP contribution >= 0.6 is 0 Å². The van der Waals surface area contributed by atoms with Crippen LogP contribution in [-0.4, -0.2) is 18.9 Å².